The number of benzene rings is 2. The second-order valence-corrected chi connectivity index (χ2v) is 12.2. The van der Waals surface area contributed by atoms with Crippen LogP contribution in [0.3, 0.4) is 0 Å². The van der Waals surface area contributed by atoms with Gasteiger partial charge in [-0.25, -0.2) is 0 Å². The average Bonchev–Trinajstić information content (AvgIpc) is 3.34. The lowest BCUT2D eigenvalue weighted by Crippen LogP contribution is -1.98. The van der Waals surface area contributed by atoms with Crippen molar-refractivity contribution < 1.29 is 19.8 Å². The van der Waals surface area contributed by atoms with Crippen LogP contribution < -0.4 is 0 Å². The number of fused-ring (bicyclic) bond motifs is 2. The molecule has 0 unspecified atom stereocenters. The predicted octanol–water partition coefficient (Wildman–Crippen LogP) is 9.57. The highest BCUT2D eigenvalue weighted by Gasteiger charge is 2.20. The van der Waals surface area contributed by atoms with Crippen LogP contribution in [-0.4, -0.2) is 31.2 Å². The van der Waals surface area contributed by atoms with Crippen LogP contribution in [0.5, 0.6) is 11.8 Å². The van der Waals surface area contributed by atoms with Gasteiger partial charge in [0.25, 0.3) is 11.8 Å². The highest BCUT2D eigenvalue weighted by atomic mass is 79.9. The summed E-state index contributed by atoms with van der Waals surface area (Å²) in [4.78, 5) is 24.7. The number of aromatic hydroxyl groups is 2. The van der Waals surface area contributed by atoms with Crippen LogP contribution in [0.1, 0.15) is 71.9 Å². The van der Waals surface area contributed by atoms with Gasteiger partial charge in [-0.2, -0.15) is 0 Å². The van der Waals surface area contributed by atoms with E-state index in [1.54, 1.807) is 9.13 Å². The van der Waals surface area contributed by atoms with Crippen molar-refractivity contribution in [2.45, 2.75) is 71.9 Å². The molecule has 2 heterocycles. The largest absolute Gasteiger partial charge is 0.493 e. The first-order chi connectivity index (χ1) is 19.5. The van der Waals surface area contributed by atoms with Crippen molar-refractivity contribution in [3.8, 4) is 11.8 Å². The average molecular weight is 688 g/mol. The summed E-state index contributed by atoms with van der Waals surface area (Å²) < 4.78 is 5.15. The van der Waals surface area contributed by atoms with Gasteiger partial charge in [0.2, 0.25) is 11.8 Å². The minimum absolute atomic E-state index is 0.00568. The van der Waals surface area contributed by atoms with Gasteiger partial charge in [0, 0.05) is 44.6 Å². The van der Waals surface area contributed by atoms with Crippen LogP contribution in [0.15, 0.2) is 65.8 Å². The SMILES string of the molecule is CC(C)n1c(O)c(N=NC(=O)CCCCCC(=O)N=Nc2c(O)n(C(C)C)c3ccc(Br)cc23)c2cc(Br)ccc21. The highest BCUT2D eigenvalue weighted by Crippen LogP contribution is 2.43. The Morgan fingerprint density at radius 2 is 1.10 bits per heavy atom. The van der Waals surface area contributed by atoms with Gasteiger partial charge in [0.15, 0.2) is 11.4 Å². The maximum absolute atomic E-state index is 12.4. The minimum Gasteiger partial charge on any atom is -0.493 e. The van der Waals surface area contributed by atoms with E-state index >= 15 is 0 Å². The fraction of sp³-hybridized carbons (Fsp3) is 0.379. The number of rotatable bonds is 10. The highest BCUT2D eigenvalue weighted by molar-refractivity contribution is 9.10. The number of amides is 2. The number of carbonyl (C=O) groups excluding carboxylic acids is 2. The molecule has 4 aromatic rings. The van der Waals surface area contributed by atoms with Gasteiger partial charge in [0.1, 0.15) is 0 Å². The lowest BCUT2D eigenvalue weighted by molar-refractivity contribution is -0.118. The zero-order valence-electron chi connectivity index (χ0n) is 23.3. The molecule has 216 valence electrons. The van der Waals surface area contributed by atoms with E-state index in [9.17, 15) is 19.8 Å². The molecule has 4 rings (SSSR count). The Bertz CT molecular complexity index is 1550. The van der Waals surface area contributed by atoms with E-state index in [0.29, 0.717) is 30.0 Å². The third-order valence-corrected chi connectivity index (χ3v) is 7.65. The number of hydrogen-bond donors (Lipinski definition) is 2. The Kier molecular flexibility index (Phi) is 9.75. The molecule has 0 aliphatic rings. The summed E-state index contributed by atoms with van der Waals surface area (Å²) in [5.41, 5.74) is 2.12. The van der Waals surface area contributed by atoms with E-state index in [1.807, 2.05) is 64.1 Å². The van der Waals surface area contributed by atoms with Crippen molar-refractivity contribution in [1.82, 2.24) is 9.13 Å². The summed E-state index contributed by atoms with van der Waals surface area (Å²) in [6.07, 6.45) is 2.03. The Labute approximate surface area is 254 Å². The zero-order valence-corrected chi connectivity index (χ0v) is 26.5. The maximum Gasteiger partial charge on any atom is 0.264 e. The van der Waals surface area contributed by atoms with Crippen LogP contribution >= 0.6 is 31.9 Å². The van der Waals surface area contributed by atoms with Crippen LogP contribution in [-0.2, 0) is 9.59 Å². The van der Waals surface area contributed by atoms with E-state index in [1.165, 1.54) is 0 Å². The smallest absolute Gasteiger partial charge is 0.264 e. The molecular weight excluding hydrogens is 656 g/mol. The first-order valence-corrected chi connectivity index (χ1v) is 15.0. The molecule has 0 aliphatic carbocycles. The van der Waals surface area contributed by atoms with E-state index in [-0.39, 0.29) is 48.1 Å². The number of carbonyl (C=O) groups is 2. The number of aromatic nitrogens is 2. The third-order valence-electron chi connectivity index (χ3n) is 6.66. The van der Waals surface area contributed by atoms with Crippen molar-refractivity contribution in [2.24, 2.45) is 20.5 Å². The molecular formula is C29H32Br2N6O4. The monoisotopic (exact) mass is 686 g/mol. The van der Waals surface area contributed by atoms with Crippen LogP contribution in [0, 0.1) is 0 Å². The summed E-state index contributed by atoms with van der Waals surface area (Å²) in [7, 11) is 0. The van der Waals surface area contributed by atoms with E-state index in [0.717, 1.165) is 20.0 Å². The predicted molar refractivity (Wildman–Crippen MR) is 166 cm³/mol. The third kappa shape index (κ3) is 6.75. The molecule has 0 bridgehead atoms. The van der Waals surface area contributed by atoms with Crippen molar-refractivity contribution in [3.63, 3.8) is 0 Å². The summed E-state index contributed by atoms with van der Waals surface area (Å²) in [5.74, 6) is -0.878. The minimum atomic E-state index is -0.404. The number of nitrogens with zero attached hydrogens (tertiary/aromatic N) is 6. The van der Waals surface area contributed by atoms with E-state index in [4.69, 9.17) is 0 Å². The van der Waals surface area contributed by atoms with Crippen LogP contribution in [0.25, 0.3) is 21.8 Å². The first kappa shape index (κ1) is 30.6. The fourth-order valence-corrected chi connectivity index (χ4v) is 5.52. The van der Waals surface area contributed by atoms with E-state index < -0.39 is 11.8 Å². The Morgan fingerprint density at radius 3 is 1.46 bits per heavy atom. The normalized spacial score (nSPS) is 12.3. The molecule has 0 saturated carbocycles. The molecule has 0 aliphatic heterocycles. The van der Waals surface area contributed by atoms with Crippen molar-refractivity contribution in [3.05, 3.63) is 45.3 Å². The van der Waals surface area contributed by atoms with Gasteiger partial charge in [-0.15, -0.1) is 20.5 Å². The molecule has 12 heteroatoms. The fourth-order valence-electron chi connectivity index (χ4n) is 4.80. The molecule has 0 radical (unpaired) electrons. The molecule has 0 spiro atoms. The standard InChI is InChI=1S/C29H32Br2N6O4/c1-16(2)36-22-12-10-18(30)14-20(22)26(28(36)40)34-32-24(38)8-6-5-7-9-25(39)33-35-27-21-15-19(31)11-13-23(21)37(17(3)4)29(27)41/h10-17,40-41H,5-9H2,1-4H3. The van der Waals surface area contributed by atoms with Gasteiger partial charge >= 0.3 is 0 Å². The second-order valence-electron chi connectivity index (χ2n) is 10.3. The second kappa shape index (κ2) is 13.1. The number of hydrogen-bond acceptors (Lipinski definition) is 6. The number of azo groups is 2. The molecule has 0 saturated heterocycles. The summed E-state index contributed by atoms with van der Waals surface area (Å²) >= 11 is 6.88. The Hall–Kier alpha value is -3.38. The molecule has 2 N–H and O–H groups in total. The molecule has 2 aromatic heterocycles. The molecule has 10 nitrogen and oxygen atoms in total. The van der Waals surface area contributed by atoms with Gasteiger partial charge in [-0.3, -0.25) is 9.59 Å². The molecule has 2 amide bonds. The molecule has 0 fully saturated rings. The maximum atomic E-state index is 12.4. The van der Waals surface area contributed by atoms with Gasteiger partial charge in [-0.1, -0.05) is 38.3 Å². The van der Waals surface area contributed by atoms with Crippen molar-refractivity contribution >= 4 is 76.9 Å². The quantitative estimate of drug-likeness (QED) is 0.127. The lowest BCUT2D eigenvalue weighted by Gasteiger charge is -2.10. The topological polar surface area (TPSA) is 134 Å². The lowest BCUT2D eigenvalue weighted by atomic mass is 10.1. The van der Waals surface area contributed by atoms with Gasteiger partial charge in [0.05, 0.1) is 11.0 Å². The summed E-state index contributed by atoms with van der Waals surface area (Å²) in [6.45, 7) is 7.81. The van der Waals surface area contributed by atoms with Crippen molar-refractivity contribution in [1.29, 1.82) is 0 Å². The van der Waals surface area contributed by atoms with Gasteiger partial charge < -0.3 is 19.3 Å². The van der Waals surface area contributed by atoms with Crippen LogP contribution in [0.4, 0.5) is 11.4 Å². The summed E-state index contributed by atoms with van der Waals surface area (Å²) in [6, 6.07) is 11.2. The Morgan fingerprint density at radius 1 is 0.707 bits per heavy atom. The van der Waals surface area contributed by atoms with Crippen LogP contribution in [0.2, 0.25) is 0 Å². The Balaban J connectivity index is 1.31. The molecule has 41 heavy (non-hydrogen) atoms. The molecule has 2 aromatic carbocycles. The van der Waals surface area contributed by atoms with E-state index in [2.05, 4.69) is 52.3 Å². The number of unbranched alkanes of at least 4 members (excludes halogenated alkanes) is 2. The number of halogens is 2. The molecule has 0 atom stereocenters. The first-order valence-electron chi connectivity index (χ1n) is 13.4. The van der Waals surface area contributed by atoms with Crippen molar-refractivity contribution in [2.75, 3.05) is 0 Å². The van der Waals surface area contributed by atoms with Gasteiger partial charge in [-0.05, 0) is 76.9 Å². The zero-order chi connectivity index (χ0) is 29.8. The summed E-state index contributed by atoms with van der Waals surface area (Å²) in [5, 5.41) is 38.7.